The van der Waals surface area contributed by atoms with Crippen LogP contribution in [0.5, 0.6) is 0 Å². The first-order valence-corrected chi connectivity index (χ1v) is 7.45. The summed E-state index contributed by atoms with van der Waals surface area (Å²) in [5.41, 5.74) is 2.63. The van der Waals surface area contributed by atoms with E-state index in [-0.39, 0.29) is 11.9 Å². The predicted octanol–water partition coefficient (Wildman–Crippen LogP) is 2.46. The Morgan fingerprint density at radius 2 is 2.10 bits per heavy atom. The monoisotopic (exact) mass is 276 g/mol. The molecule has 4 heteroatoms. The van der Waals surface area contributed by atoms with Crippen molar-refractivity contribution in [3.8, 4) is 0 Å². The van der Waals surface area contributed by atoms with Crippen LogP contribution in [-0.4, -0.2) is 29.7 Å². The van der Waals surface area contributed by atoms with Gasteiger partial charge in [-0.3, -0.25) is 4.79 Å². The van der Waals surface area contributed by atoms with E-state index < -0.39 is 6.10 Å². The van der Waals surface area contributed by atoms with E-state index in [9.17, 15) is 9.90 Å². The highest BCUT2D eigenvalue weighted by atomic mass is 16.3. The second-order valence-electron chi connectivity index (χ2n) is 5.51. The van der Waals surface area contributed by atoms with Gasteiger partial charge in [0, 0.05) is 12.2 Å². The largest absolute Gasteiger partial charge is 0.391 e. The SMILES string of the molecule is CCNc1cc(C)ccc1C(=O)NC1CCCCC1O. The van der Waals surface area contributed by atoms with E-state index in [2.05, 4.69) is 10.6 Å². The molecule has 1 aliphatic carbocycles. The highest BCUT2D eigenvalue weighted by molar-refractivity contribution is 6.00. The van der Waals surface area contributed by atoms with Crippen molar-refractivity contribution in [1.82, 2.24) is 5.32 Å². The lowest BCUT2D eigenvalue weighted by Crippen LogP contribution is -2.45. The molecule has 1 amide bonds. The predicted molar refractivity (Wildman–Crippen MR) is 81.1 cm³/mol. The number of carbonyl (C=O) groups excluding carboxylic acids is 1. The Labute approximate surface area is 120 Å². The number of hydrogen-bond acceptors (Lipinski definition) is 3. The van der Waals surface area contributed by atoms with E-state index in [0.29, 0.717) is 5.56 Å². The van der Waals surface area contributed by atoms with Gasteiger partial charge < -0.3 is 15.7 Å². The summed E-state index contributed by atoms with van der Waals surface area (Å²) in [5.74, 6) is -0.105. The molecule has 1 fully saturated rings. The Morgan fingerprint density at radius 3 is 2.80 bits per heavy atom. The van der Waals surface area contributed by atoms with E-state index in [4.69, 9.17) is 0 Å². The number of nitrogens with one attached hydrogen (secondary N) is 2. The zero-order valence-electron chi connectivity index (χ0n) is 12.3. The molecule has 0 bridgehead atoms. The summed E-state index contributed by atoms with van der Waals surface area (Å²) >= 11 is 0. The number of hydrogen-bond donors (Lipinski definition) is 3. The molecule has 110 valence electrons. The molecular formula is C16H24N2O2. The number of aliphatic hydroxyl groups is 1. The number of anilines is 1. The zero-order valence-corrected chi connectivity index (χ0v) is 12.3. The fraction of sp³-hybridized carbons (Fsp3) is 0.562. The number of amides is 1. The third-order valence-corrected chi connectivity index (χ3v) is 3.83. The van der Waals surface area contributed by atoms with E-state index in [1.54, 1.807) is 0 Å². The van der Waals surface area contributed by atoms with Crippen LogP contribution in [0.4, 0.5) is 5.69 Å². The first kappa shape index (κ1) is 14.9. The van der Waals surface area contributed by atoms with Gasteiger partial charge in [-0.2, -0.15) is 0 Å². The van der Waals surface area contributed by atoms with Gasteiger partial charge in [0.1, 0.15) is 0 Å². The van der Waals surface area contributed by atoms with Crippen LogP contribution < -0.4 is 10.6 Å². The maximum atomic E-state index is 12.4. The second kappa shape index (κ2) is 6.75. The van der Waals surface area contributed by atoms with Crippen molar-refractivity contribution in [1.29, 1.82) is 0 Å². The first-order valence-electron chi connectivity index (χ1n) is 7.45. The summed E-state index contributed by atoms with van der Waals surface area (Å²) in [6.07, 6.45) is 3.32. The van der Waals surface area contributed by atoms with E-state index in [1.165, 1.54) is 0 Å². The van der Waals surface area contributed by atoms with Gasteiger partial charge in [-0.15, -0.1) is 0 Å². The molecule has 2 unspecified atom stereocenters. The van der Waals surface area contributed by atoms with Crippen LogP contribution in [0.2, 0.25) is 0 Å². The molecule has 1 saturated carbocycles. The van der Waals surface area contributed by atoms with Crippen molar-refractivity contribution in [2.75, 3.05) is 11.9 Å². The van der Waals surface area contributed by atoms with Crippen LogP contribution in [-0.2, 0) is 0 Å². The van der Waals surface area contributed by atoms with Crippen molar-refractivity contribution >= 4 is 11.6 Å². The molecule has 2 atom stereocenters. The zero-order chi connectivity index (χ0) is 14.5. The fourth-order valence-corrected chi connectivity index (χ4v) is 2.72. The van der Waals surface area contributed by atoms with Gasteiger partial charge in [0.25, 0.3) is 5.91 Å². The van der Waals surface area contributed by atoms with Crippen LogP contribution in [0.1, 0.15) is 48.5 Å². The Balaban J connectivity index is 2.12. The molecule has 2 rings (SSSR count). The number of benzene rings is 1. The number of aryl methyl sites for hydroxylation is 1. The minimum absolute atomic E-state index is 0.105. The molecule has 3 N–H and O–H groups in total. The molecule has 0 heterocycles. The number of aliphatic hydroxyl groups excluding tert-OH is 1. The average molecular weight is 276 g/mol. The average Bonchev–Trinajstić information content (AvgIpc) is 2.42. The number of carbonyl (C=O) groups is 1. The summed E-state index contributed by atoms with van der Waals surface area (Å²) in [4.78, 5) is 12.4. The lowest BCUT2D eigenvalue weighted by Gasteiger charge is -2.28. The van der Waals surface area contributed by atoms with E-state index in [0.717, 1.165) is 43.5 Å². The van der Waals surface area contributed by atoms with Gasteiger partial charge in [-0.1, -0.05) is 18.9 Å². The Bertz CT molecular complexity index is 474. The van der Waals surface area contributed by atoms with Gasteiger partial charge >= 0.3 is 0 Å². The highest BCUT2D eigenvalue weighted by Gasteiger charge is 2.25. The minimum atomic E-state index is -0.416. The second-order valence-corrected chi connectivity index (χ2v) is 5.51. The molecule has 1 aromatic rings. The van der Waals surface area contributed by atoms with E-state index in [1.807, 2.05) is 32.0 Å². The molecule has 0 aliphatic heterocycles. The maximum absolute atomic E-state index is 12.4. The molecule has 1 aromatic carbocycles. The van der Waals surface area contributed by atoms with Gasteiger partial charge in [0.15, 0.2) is 0 Å². The lowest BCUT2D eigenvalue weighted by atomic mass is 9.92. The Hall–Kier alpha value is -1.55. The summed E-state index contributed by atoms with van der Waals surface area (Å²) in [7, 11) is 0. The minimum Gasteiger partial charge on any atom is -0.391 e. The van der Waals surface area contributed by atoms with Crippen molar-refractivity contribution in [2.45, 2.75) is 51.7 Å². The van der Waals surface area contributed by atoms with E-state index >= 15 is 0 Å². The number of rotatable bonds is 4. The summed E-state index contributed by atoms with van der Waals surface area (Å²) < 4.78 is 0. The Morgan fingerprint density at radius 1 is 1.35 bits per heavy atom. The highest BCUT2D eigenvalue weighted by Crippen LogP contribution is 2.21. The van der Waals surface area contributed by atoms with Crippen LogP contribution in [0.25, 0.3) is 0 Å². The quantitative estimate of drug-likeness (QED) is 0.791. The maximum Gasteiger partial charge on any atom is 0.253 e. The van der Waals surface area contributed by atoms with Crippen LogP contribution in [0.3, 0.4) is 0 Å². The topological polar surface area (TPSA) is 61.4 Å². The first-order chi connectivity index (χ1) is 9.61. The van der Waals surface area contributed by atoms with Gasteiger partial charge in [-0.05, 0) is 44.4 Å². The van der Waals surface area contributed by atoms with Crippen molar-refractivity contribution < 1.29 is 9.90 Å². The van der Waals surface area contributed by atoms with Gasteiger partial charge in [0.05, 0.1) is 17.7 Å². The van der Waals surface area contributed by atoms with Crippen molar-refractivity contribution in [3.05, 3.63) is 29.3 Å². The Kier molecular flexibility index (Phi) is 5.01. The molecule has 20 heavy (non-hydrogen) atoms. The summed E-state index contributed by atoms with van der Waals surface area (Å²) in [6, 6.07) is 5.65. The molecule has 0 saturated heterocycles. The van der Waals surface area contributed by atoms with Crippen molar-refractivity contribution in [3.63, 3.8) is 0 Å². The summed E-state index contributed by atoms with van der Waals surface area (Å²) in [6.45, 7) is 4.79. The molecule has 0 spiro atoms. The van der Waals surface area contributed by atoms with Gasteiger partial charge in [-0.25, -0.2) is 0 Å². The fourth-order valence-electron chi connectivity index (χ4n) is 2.72. The molecule has 1 aliphatic rings. The third-order valence-electron chi connectivity index (χ3n) is 3.83. The molecule has 4 nitrogen and oxygen atoms in total. The summed E-state index contributed by atoms with van der Waals surface area (Å²) in [5, 5.41) is 16.1. The smallest absolute Gasteiger partial charge is 0.253 e. The van der Waals surface area contributed by atoms with Crippen LogP contribution in [0, 0.1) is 6.92 Å². The van der Waals surface area contributed by atoms with Crippen LogP contribution in [0.15, 0.2) is 18.2 Å². The molecular weight excluding hydrogens is 252 g/mol. The van der Waals surface area contributed by atoms with Gasteiger partial charge in [0.2, 0.25) is 0 Å². The molecule has 0 radical (unpaired) electrons. The molecule has 0 aromatic heterocycles. The lowest BCUT2D eigenvalue weighted by molar-refractivity contribution is 0.0718. The third kappa shape index (κ3) is 3.51. The normalized spacial score (nSPS) is 22.4. The van der Waals surface area contributed by atoms with Crippen LogP contribution >= 0.6 is 0 Å². The van der Waals surface area contributed by atoms with Crippen molar-refractivity contribution in [2.24, 2.45) is 0 Å². The standard InChI is InChI=1S/C16H24N2O2/c1-3-17-14-10-11(2)8-9-12(14)16(20)18-13-6-4-5-7-15(13)19/h8-10,13,15,17,19H,3-7H2,1-2H3,(H,18,20).